The molecule has 0 aromatic heterocycles. The van der Waals surface area contributed by atoms with E-state index in [0.29, 0.717) is 5.41 Å². The standard InChI is InChI=1S/C8H14INO/c9-10-4-1-2-8(6-10)3-5-11-7-8/h1-7H2. The lowest BCUT2D eigenvalue weighted by Gasteiger charge is -2.36. The summed E-state index contributed by atoms with van der Waals surface area (Å²) in [6.07, 6.45) is 4.02. The van der Waals surface area contributed by atoms with Crippen molar-refractivity contribution in [3.8, 4) is 0 Å². The smallest absolute Gasteiger partial charge is 0.0535 e. The topological polar surface area (TPSA) is 12.5 Å². The minimum absolute atomic E-state index is 0.541. The van der Waals surface area contributed by atoms with E-state index < -0.39 is 0 Å². The van der Waals surface area contributed by atoms with E-state index in [1.54, 1.807) is 0 Å². The van der Waals surface area contributed by atoms with E-state index in [2.05, 4.69) is 26.0 Å². The first kappa shape index (κ1) is 8.26. The van der Waals surface area contributed by atoms with Crippen LogP contribution < -0.4 is 0 Å². The predicted octanol–water partition coefficient (Wildman–Crippen LogP) is 1.84. The quantitative estimate of drug-likeness (QED) is 0.490. The molecule has 0 amide bonds. The summed E-state index contributed by atoms with van der Waals surface area (Å²) in [5.41, 5.74) is 0.541. The zero-order chi connectivity index (χ0) is 7.73. The second-order valence-corrected chi connectivity index (χ2v) is 5.12. The van der Waals surface area contributed by atoms with Crippen LogP contribution in [0, 0.1) is 5.41 Å². The average molecular weight is 267 g/mol. The highest BCUT2D eigenvalue weighted by atomic mass is 127. The molecule has 1 spiro atoms. The fourth-order valence-electron chi connectivity index (χ4n) is 2.12. The average Bonchev–Trinajstić information content (AvgIpc) is 2.37. The van der Waals surface area contributed by atoms with E-state index in [9.17, 15) is 0 Å². The zero-order valence-corrected chi connectivity index (χ0v) is 8.84. The van der Waals surface area contributed by atoms with Crippen molar-refractivity contribution in [3.05, 3.63) is 0 Å². The van der Waals surface area contributed by atoms with Crippen molar-refractivity contribution >= 4 is 22.9 Å². The van der Waals surface area contributed by atoms with Gasteiger partial charge in [0.25, 0.3) is 0 Å². The lowest BCUT2D eigenvalue weighted by Crippen LogP contribution is -2.38. The third kappa shape index (κ3) is 1.70. The molecule has 0 aromatic carbocycles. The molecule has 2 fully saturated rings. The molecule has 2 nitrogen and oxygen atoms in total. The van der Waals surface area contributed by atoms with Gasteiger partial charge in [-0.25, -0.2) is 3.11 Å². The highest BCUT2D eigenvalue weighted by Crippen LogP contribution is 2.38. The number of piperidine rings is 1. The van der Waals surface area contributed by atoms with Gasteiger partial charge in [0.1, 0.15) is 0 Å². The summed E-state index contributed by atoms with van der Waals surface area (Å²) in [5, 5.41) is 0. The lowest BCUT2D eigenvalue weighted by molar-refractivity contribution is 0.114. The SMILES string of the molecule is IN1CCCC2(CCOC2)C1. The molecule has 0 bridgehead atoms. The van der Waals surface area contributed by atoms with Crippen LogP contribution in [0.15, 0.2) is 0 Å². The summed E-state index contributed by atoms with van der Waals surface area (Å²) >= 11 is 2.43. The van der Waals surface area contributed by atoms with Gasteiger partial charge in [-0.2, -0.15) is 0 Å². The molecule has 64 valence electrons. The summed E-state index contributed by atoms with van der Waals surface area (Å²) in [6.45, 7) is 4.51. The van der Waals surface area contributed by atoms with Gasteiger partial charge >= 0.3 is 0 Å². The van der Waals surface area contributed by atoms with Gasteiger partial charge in [0, 0.05) is 48.0 Å². The highest BCUT2D eigenvalue weighted by molar-refractivity contribution is 14.1. The van der Waals surface area contributed by atoms with Gasteiger partial charge in [-0.1, -0.05) is 0 Å². The molecule has 0 aliphatic carbocycles. The summed E-state index contributed by atoms with van der Waals surface area (Å²) in [4.78, 5) is 0. The van der Waals surface area contributed by atoms with Crippen molar-refractivity contribution in [3.63, 3.8) is 0 Å². The van der Waals surface area contributed by atoms with Crippen molar-refractivity contribution in [2.75, 3.05) is 26.3 Å². The number of halogens is 1. The Labute approximate surface area is 81.8 Å². The molecule has 0 saturated carbocycles. The van der Waals surface area contributed by atoms with E-state index in [4.69, 9.17) is 4.74 Å². The van der Waals surface area contributed by atoms with Crippen LogP contribution in [0.25, 0.3) is 0 Å². The molecule has 2 rings (SSSR count). The van der Waals surface area contributed by atoms with Crippen molar-refractivity contribution in [2.45, 2.75) is 19.3 Å². The Hall–Kier alpha value is 0.650. The third-order valence-electron chi connectivity index (χ3n) is 2.80. The number of hydrogen-bond acceptors (Lipinski definition) is 2. The maximum atomic E-state index is 5.46. The van der Waals surface area contributed by atoms with E-state index in [1.807, 2.05) is 0 Å². The number of nitrogens with zero attached hydrogens (tertiary/aromatic N) is 1. The van der Waals surface area contributed by atoms with Crippen molar-refractivity contribution in [2.24, 2.45) is 5.41 Å². The second-order valence-electron chi connectivity index (χ2n) is 3.75. The van der Waals surface area contributed by atoms with Gasteiger partial charge in [0.05, 0.1) is 6.61 Å². The first-order valence-electron chi connectivity index (χ1n) is 4.29. The summed E-state index contributed by atoms with van der Waals surface area (Å²) in [5.74, 6) is 0. The minimum atomic E-state index is 0.541. The molecule has 11 heavy (non-hydrogen) atoms. The van der Waals surface area contributed by atoms with Crippen molar-refractivity contribution < 1.29 is 4.74 Å². The number of ether oxygens (including phenoxy) is 1. The van der Waals surface area contributed by atoms with Crippen LogP contribution in [0.2, 0.25) is 0 Å². The number of hydrogen-bond donors (Lipinski definition) is 0. The van der Waals surface area contributed by atoms with Crippen LogP contribution in [-0.4, -0.2) is 29.4 Å². The van der Waals surface area contributed by atoms with Gasteiger partial charge in [0.15, 0.2) is 0 Å². The summed E-state index contributed by atoms with van der Waals surface area (Å²) < 4.78 is 7.87. The lowest BCUT2D eigenvalue weighted by atomic mass is 9.80. The summed E-state index contributed by atoms with van der Waals surface area (Å²) in [6, 6.07) is 0. The minimum Gasteiger partial charge on any atom is -0.381 e. The van der Waals surface area contributed by atoms with Crippen LogP contribution in [0.5, 0.6) is 0 Å². The van der Waals surface area contributed by atoms with Gasteiger partial charge < -0.3 is 4.74 Å². The molecule has 2 aliphatic rings. The molecule has 2 aliphatic heterocycles. The predicted molar refractivity (Wildman–Crippen MR) is 52.7 cm³/mol. The fraction of sp³-hybridized carbons (Fsp3) is 1.00. The van der Waals surface area contributed by atoms with Gasteiger partial charge in [-0.15, -0.1) is 0 Å². The van der Waals surface area contributed by atoms with E-state index in [1.165, 1.54) is 32.4 Å². The maximum Gasteiger partial charge on any atom is 0.0535 e. The normalized spacial score (nSPS) is 40.1. The zero-order valence-electron chi connectivity index (χ0n) is 6.68. The molecule has 2 saturated heterocycles. The van der Waals surface area contributed by atoms with E-state index in [0.717, 1.165) is 13.2 Å². The Morgan fingerprint density at radius 3 is 2.91 bits per heavy atom. The molecule has 2 heterocycles. The van der Waals surface area contributed by atoms with Gasteiger partial charge in [-0.05, 0) is 19.3 Å². The Morgan fingerprint density at radius 1 is 1.36 bits per heavy atom. The Bertz CT molecular complexity index is 145. The first-order valence-corrected chi connectivity index (χ1v) is 5.26. The maximum absolute atomic E-state index is 5.46. The Morgan fingerprint density at radius 2 is 2.27 bits per heavy atom. The molecular weight excluding hydrogens is 253 g/mol. The van der Waals surface area contributed by atoms with E-state index in [-0.39, 0.29) is 0 Å². The second kappa shape index (κ2) is 3.18. The monoisotopic (exact) mass is 267 g/mol. The molecule has 0 radical (unpaired) electrons. The third-order valence-corrected chi connectivity index (χ3v) is 3.62. The fourth-order valence-corrected chi connectivity index (χ4v) is 3.18. The van der Waals surface area contributed by atoms with E-state index >= 15 is 0 Å². The molecule has 1 unspecified atom stereocenters. The molecule has 1 atom stereocenters. The molecule has 0 aromatic rings. The van der Waals surface area contributed by atoms with Crippen molar-refractivity contribution in [1.29, 1.82) is 0 Å². The van der Waals surface area contributed by atoms with Crippen LogP contribution >= 0.6 is 22.9 Å². The summed E-state index contributed by atoms with van der Waals surface area (Å²) in [7, 11) is 0. The van der Waals surface area contributed by atoms with Crippen LogP contribution in [0.1, 0.15) is 19.3 Å². The number of rotatable bonds is 0. The Balaban J connectivity index is 2.00. The largest absolute Gasteiger partial charge is 0.381 e. The van der Waals surface area contributed by atoms with Gasteiger partial charge in [-0.3, -0.25) is 0 Å². The van der Waals surface area contributed by atoms with Gasteiger partial charge in [0.2, 0.25) is 0 Å². The van der Waals surface area contributed by atoms with Crippen LogP contribution in [0.3, 0.4) is 0 Å². The first-order chi connectivity index (χ1) is 5.31. The Kier molecular flexibility index (Phi) is 2.39. The molecular formula is C8H14INO. The highest BCUT2D eigenvalue weighted by Gasteiger charge is 2.38. The van der Waals surface area contributed by atoms with Crippen LogP contribution in [-0.2, 0) is 4.74 Å². The molecule has 0 N–H and O–H groups in total. The van der Waals surface area contributed by atoms with Crippen LogP contribution in [0.4, 0.5) is 0 Å². The molecule has 3 heteroatoms. The van der Waals surface area contributed by atoms with Crippen molar-refractivity contribution in [1.82, 2.24) is 3.11 Å².